The number of hydrogen-bond donors (Lipinski definition) is 6. The van der Waals surface area contributed by atoms with Crippen LogP contribution in [-0.4, -0.2) is 155 Å². The molecule has 0 amide bonds. The Balaban J connectivity index is 2.09. The lowest BCUT2D eigenvalue weighted by Crippen LogP contribution is -2.59. The molecule has 0 bridgehead atoms. The van der Waals surface area contributed by atoms with Gasteiger partial charge in [0, 0.05) is 38.1 Å². The molecule has 0 aromatic heterocycles. The van der Waals surface area contributed by atoms with Crippen molar-refractivity contribution in [3.05, 3.63) is 0 Å². The molecule has 3 saturated heterocycles. The quantitative estimate of drug-likeness (QED) is 0.204. The summed E-state index contributed by atoms with van der Waals surface area (Å²) < 4.78 is 36.9. The Bertz CT molecular complexity index is 1030. The molecule has 6 N–H and O–H groups in total. The molecule has 0 spiro atoms. The zero-order valence-electron chi connectivity index (χ0n) is 31.4. The molecule has 3 heterocycles. The van der Waals surface area contributed by atoms with Crippen LogP contribution in [0.3, 0.4) is 0 Å². The topological polar surface area (TPSA) is 189 Å². The van der Waals surface area contributed by atoms with Gasteiger partial charge in [0.2, 0.25) is 0 Å². The number of aliphatic hydroxyl groups excluding tert-OH is 5. The fraction of sp³-hybridized carbons (Fsp3) is 0.971. The number of ether oxygens (including phenoxy) is 6. The second-order valence-electron chi connectivity index (χ2n) is 15.2. The Kier molecular flexibility index (Phi) is 15.7. The van der Waals surface area contributed by atoms with Gasteiger partial charge in [-0.15, -0.1) is 0 Å². The van der Waals surface area contributed by atoms with E-state index >= 15 is 0 Å². The number of esters is 1. The summed E-state index contributed by atoms with van der Waals surface area (Å²) >= 11 is 0. The first kappa shape index (κ1) is 42.4. The van der Waals surface area contributed by atoms with E-state index in [2.05, 4.69) is 5.32 Å². The van der Waals surface area contributed by atoms with Gasteiger partial charge in [-0.25, -0.2) is 0 Å². The standard InChI is InChI=1S/C35H66N2O12/c1-12-25-29(41)27(39)21(6)37(10)16-17(2)13-24(38)31(49-34-28(40)23(36-9)14-18(3)45-34)19(4)30(20(5)33(43)47-25)48-26-15-35(8,44-11)32(42)22(7)46-26/h17-32,34,36,38-42H,12-16H2,1-11H3/t17-,18?,19?,20?,21+,22?,23?,24+,25-,26+,27?,28?,29?,30+,31?,32?,34?,35?/m0/s1. The van der Waals surface area contributed by atoms with Gasteiger partial charge in [-0.2, -0.15) is 0 Å². The van der Waals surface area contributed by atoms with Gasteiger partial charge in [0.15, 0.2) is 12.6 Å². The lowest BCUT2D eigenvalue weighted by Gasteiger charge is -2.47. The summed E-state index contributed by atoms with van der Waals surface area (Å²) in [4.78, 5) is 15.8. The van der Waals surface area contributed by atoms with E-state index in [4.69, 9.17) is 28.4 Å². The molecule has 3 aliphatic heterocycles. The maximum atomic E-state index is 13.9. The average molecular weight is 707 g/mol. The highest BCUT2D eigenvalue weighted by atomic mass is 16.7. The zero-order valence-corrected chi connectivity index (χ0v) is 31.4. The lowest BCUT2D eigenvalue weighted by atomic mass is 9.83. The minimum absolute atomic E-state index is 0.0977. The van der Waals surface area contributed by atoms with Gasteiger partial charge in [-0.05, 0) is 73.9 Å². The van der Waals surface area contributed by atoms with Crippen molar-refractivity contribution in [1.82, 2.24) is 10.2 Å². The van der Waals surface area contributed by atoms with Gasteiger partial charge in [-0.3, -0.25) is 4.79 Å². The molecule has 3 rings (SSSR count). The molecule has 0 aromatic carbocycles. The van der Waals surface area contributed by atoms with Crippen LogP contribution in [0.4, 0.5) is 0 Å². The second kappa shape index (κ2) is 18.2. The van der Waals surface area contributed by atoms with E-state index in [-0.39, 0.29) is 37.3 Å². The molecule has 0 radical (unpaired) electrons. The first-order chi connectivity index (χ1) is 22.9. The molecular weight excluding hydrogens is 640 g/mol. The predicted molar refractivity (Wildman–Crippen MR) is 180 cm³/mol. The van der Waals surface area contributed by atoms with Crippen LogP contribution in [0.25, 0.3) is 0 Å². The number of aliphatic hydroxyl groups is 5. The average Bonchev–Trinajstić information content (AvgIpc) is 3.06. The predicted octanol–water partition coefficient (Wildman–Crippen LogP) is 0.778. The molecule has 0 saturated carbocycles. The van der Waals surface area contributed by atoms with E-state index in [1.54, 1.807) is 48.6 Å². The fourth-order valence-electron chi connectivity index (χ4n) is 7.66. The van der Waals surface area contributed by atoms with Gasteiger partial charge in [0.05, 0.1) is 48.1 Å². The van der Waals surface area contributed by atoms with Crippen LogP contribution in [0, 0.1) is 17.8 Å². The van der Waals surface area contributed by atoms with Gasteiger partial charge >= 0.3 is 5.97 Å². The van der Waals surface area contributed by atoms with Crippen molar-refractivity contribution in [3.8, 4) is 0 Å². The molecule has 14 nitrogen and oxygen atoms in total. The number of nitrogens with one attached hydrogen (secondary N) is 1. The van der Waals surface area contributed by atoms with Gasteiger partial charge < -0.3 is 64.2 Å². The summed E-state index contributed by atoms with van der Waals surface area (Å²) in [6.45, 7) is 14.8. The third kappa shape index (κ3) is 10.1. The molecule has 3 fully saturated rings. The van der Waals surface area contributed by atoms with Crippen molar-refractivity contribution in [2.45, 2.75) is 172 Å². The minimum atomic E-state index is -1.35. The number of cyclic esters (lactones) is 1. The number of likely N-dealkylation sites (N-methyl/N-ethyl adjacent to an activating group) is 2. The fourth-order valence-corrected chi connectivity index (χ4v) is 7.66. The second-order valence-corrected chi connectivity index (χ2v) is 15.2. The summed E-state index contributed by atoms with van der Waals surface area (Å²) in [7, 11) is 5.09. The molecule has 288 valence electrons. The Hall–Kier alpha value is -1.01. The number of rotatable bonds is 7. The lowest BCUT2D eigenvalue weighted by molar-refractivity contribution is -0.309. The highest BCUT2D eigenvalue weighted by molar-refractivity contribution is 5.73. The smallest absolute Gasteiger partial charge is 0.311 e. The molecule has 3 aliphatic rings. The molecule has 49 heavy (non-hydrogen) atoms. The van der Waals surface area contributed by atoms with Gasteiger partial charge in [0.25, 0.3) is 0 Å². The number of hydrogen-bond acceptors (Lipinski definition) is 14. The SMILES string of the molecule is CC[C@@H]1OC(=O)C(C)[C@H](O[C@@H]2CC(C)(OC)C(O)C(C)O2)C(C)C(OC2OC(C)CC(NC)C2O)[C@H](O)C[C@H](C)CN(C)[C@H](C)C(O)C1O. The van der Waals surface area contributed by atoms with Gasteiger partial charge in [0.1, 0.15) is 24.4 Å². The van der Waals surface area contributed by atoms with Crippen molar-refractivity contribution < 1.29 is 58.7 Å². The van der Waals surface area contributed by atoms with Crippen molar-refractivity contribution >= 4 is 5.97 Å². The van der Waals surface area contributed by atoms with E-state index in [1.165, 1.54) is 7.11 Å². The molecular formula is C35H66N2O12. The van der Waals surface area contributed by atoms with E-state index in [0.717, 1.165) is 0 Å². The Labute approximate surface area is 292 Å². The van der Waals surface area contributed by atoms with E-state index in [1.807, 2.05) is 25.8 Å². The maximum absolute atomic E-state index is 13.9. The van der Waals surface area contributed by atoms with Crippen molar-refractivity contribution in [3.63, 3.8) is 0 Å². The van der Waals surface area contributed by atoms with Crippen LogP contribution in [0.15, 0.2) is 0 Å². The van der Waals surface area contributed by atoms with Gasteiger partial charge in [-0.1, -0.05) is 20.8 Å². The summed E-state index contributed by atoms with van der Waals surface area (Å²) in [5.41, 5.74) is -1.01. The molecule has 18 atom stereocenters. The van der Waals surface area contributed by atoms with Crippen molar-refractivity contribution in [2.24, 2.45) is 17.8 Å². The first-order valence-corrected chi connectivity index (χ1v) is 18.0. The Morgan fingerprint density at radius 2 is 1.59 bits per heavy atom. The third-order valence-corrected chi connectivity index (χ3v) is 11.2. The summed E-state index contributed by atoms with van der Waals surface area (Å²) in [5, 5.41) is 59.5. The van der Waals surface area contributed by atoms with E-state index in [0.29, 0.717) is 13.0 Å². The van der Waals surface area contributed by atoms with E-state index < -0.39 is 97.0 Å². The molecule has 14 heteroatoms. The van der Waals surface area contributed by atoms with Crippen LogP contribution >= 0.6 is 0 Å². The van der Waals surface area contributed by atoms with Crippen LogP contribution < -0.4 is 5.32 Å². The Morgan fingerprint density at radius 3 is 2.18 bits per heavy atom. The van der Waals surface area contributed by atoms with Crippen LogP contribution in [-0.2, 0) is 33.2 Å². The highest BCUT2D eigenvalue weighted by Crippen LogP contribution is 2.37. The molecule has 12 unspecified atom stereocenters. The van der Waals surface area contributed by atoms with E-state index in [9.17, 15) is 30.3 Å². The largest absolute Gasteiger partial charge is 0.459 e. The summed E-state index contributed by atoms with van der Waals surface area (Å²) in [6, 6.07) is -0.800. The first-order valence-electron chi connectivity index (χ1n) is 18.0. The molecule has 0 aromatic rings. The maximum Gasteiger partial charge on any atom is 0.311 e. The number of carbonyl (C=O) groups is 1. The highest BCUT2D eigenvalue weighted by Gasteiger charge is 2.49. The third-order valence-electron chi connectivity index (χ3n) is 11.2. The Morgan fingerprint density at radius 1 is 0.939 bits per heavy atom. The number of methoxy groups -OCH3 is 1. The number of nitrogens with zero attached hydrogens (tertiary/aromatic N) is 1. The monoisotopic (exact) mass is 706 g/mol. The van der Waals surface area contributed by atoms with Crippen LogP contribution in [0.5, 0.6) is 0 Å². The summed E-state index contributed by atoms with van der Waals surface area (Å²) in [6.07, 6.45) is -10.3. The van der Waals surface area contributed by atoms with Crippen molar-refractivity contribution in [1.29, 1.82) is 0 Å². The van der Waals surface area contributed by atoms with Crippen LogP contribution in [0.1, 0.15) is 81.1 Å². The number of carbonyl (C=O) groups excluding carboxylic acids is 1. The van der Waals surface area contributed by atoms with Crippen LogP contribution in [0.2, 0.25) is 0 Å². The zero-order chi connectivity index (χ0) is 37.0. The molecule has 0 aliphatic carbocycles. The summed E-state index contributed by atoms with van der Waals surface area (Å²) in [5.74, 6) is -2.46. The minimum Gasteiger partial charge on any atom is -0.459 e. The van der Waals surface area contributed by atoms with Crippen molar-refractivity contribution in [2.75, 3.05) is 27.7 Å². The normalized spacial score (nSPS) is 48.7.